The van der Waals surface area contributed by atoms with Gasteiger partial charge in [0.15, 0.2) is 5.13 Å². The SMILES string of the molecule is CC(=O)Nc1nc2c(s1)-c1c(c(-c3cccnc3)nn1C1CCC(C(=O)O)CC1)CC2. The first kappa shape index (κ1) is 19.9. The van der Waals surface area contributed by atoms with Gasteiger partial charge in [0.2, 0.25) is 5.91 Å². The number of carboxylic acid groups (broad SMARTS) is 1. The molecule has 3 aromatic rings. The number of aromatic nitrogens is 4. The lowest BCUT2D eigenvalue weighted by molar-refractivity contribution is -0.143. The van der Waals surface area contributed by atoms with Gasteiger partial charge in [-0.15, -0.1) is 0 Å². The quantitative estimate of drug-likeness (QED) is 0.640. The molecule has 2 N–H and O–H groups in total. The number of aliphatic carboxylic acids is 1. The zero-order valence-electron chi connectivity index (χ0n) is 17.2. The second kappa shape index (κ2) is 7.88. The summed E-state index contributed by atoms with van der Waals surface area (Å²) in [5, 5.41) is 17.8. The number of aryl methyl sites for hydroxylation is 1. The largest absolute Gasteiger partial charge is 0.481 e. The van der Waals surface area contributed by atoms with Crippen molar-refractivity contribution < 1.29 is 14.7 Å². The zero-order chi connectivity index (χ0) is 21.5. The molecule has 1 fully saturated rings. The van der Waals surface area contributed by atoms with Gasteiger partial charge < -0.3 is 10.4 Å². The lowest BCUT2D eigenvalue weighted by Crippen LogP contribution is -2.24. The Balaban J connectivity index is 1.60. The molecule has 9 heteroatoms. The zero-order valence-corrected chi connectivity index (χ0v) is 18.0. The first-order valence-electron chi connectivity index (χ1n) is 10.5. The molecule has 0 aromatic carbocycles. The van der Waals surface area contributed by atoms with E-state index in [0.717, 1.165) is 53.2 Å². The normalized spacial score (nSPS) is 20.0. The smallest absolute Gasteiger partial charge is 0.306 e. The Morgan fingerprint density at radius 1 is 1.23 bits per heavy atom. The van der Waals surface area contributed by atoms with Gasteiger partial charge >= 0.3 is 5.97 Å². The van der Waals surface area contributed by atoms with Crippen LogP contribution >= 0.6 is 11.3 Å². The number of hydrogen-bond donors (Lipinski definition) is 2. The first-order chi connectivity index (χ1) is 15.0. The lowest BCUT2D eigenvalue weighted by atomic mass is 9.86. The number of anilines is 1. The Bertz CT molecular complexity index is 1150. The molecule has 0 atom stereocenters. The summed E-state index contributed by atoms with van der Waals surface area (Å²) in [6.07, 6.45) is 8.07. The molecule has 0 unspecified atom stereocenters. The molecule has 0 saturated heterocycles. The fourth-order valence-electron chi connectivity index (χ4n) is 4.67. The van der Waals surface area contributed by atoms with Gasteiger partial charge in [0.1, 0.15) is 0 Å². The van der Waals surface area contributed by atoms with Crippen molar-refractivity contribution >= 4 is 28.3 Å². The van der Waals surface area contributed by atoms with Crippen molar-refractivity contribution in [3.63, 3.8) is 0 Å². The van der Waals surface area contributed by atoms with E-state index in [1.54, 1.807) is 6.20 Å². The third-order valence-corrected chi connectivity index (χ3v) is 7.16. The van der Waals surface area contributed by atoms with Gasteiger partial charge in [-0.05, 0) is 50.7 Å². The number of nitrogens with one attached hydrogen (secondary N) is 1. The van der Waals surface area contributed by atoms with Gasteiger partial charge in [-0.25, -0.2) is 4.98 Å². The third-order valence-electron chi connectivity index (χ3n) is 6.14. The van der Waals surface area contributed by atoms with Crippen LogP contribution < -0.4 is 5.32 Å². The standard InChI is InChI=1S/C22H23N5O3S/c1-12(28)24-22-25-17-9-8-16-18(14-3-2-10-23-11-14)26-27(19(16)20(17)31-22)15-6-4-13(5-7-15)21(29)30/h2-3,10-11,13,15H,4-9H2,1H3,(H,29,30)(H,24,25,28). The third kappa shape index (κ3) is 3.63. The molecule has 0 aliphatic heterocycles. The number of hydrogen-bond acceptors (Lipinski definition) is 6. The van der Waals surface area contributed by atoms with Crippen LogP contribution in [0.5, 0.6) is 0 Å². The fourth-order valence-corrected chi connectivity index (χ4v) is 5.79. The molecule has 8 nitrogen and oxygen atoms in total. The molecular formula is C22H23N5O3S. The number of amides is 1. The van der Waals surface area contributed by atoms with Crippen molar-refractivity contribution in [1.82, 2.24) is 19.7 Å². The van der Waals surface area contributed by atoms with Crippen molar-refractivity contribution in [1.29, 1.82) is 0 Å². The summed E-state index contributed by atoms with van der Waals surface area (Å²) in [4.78, 5) is 32.9. The average Bonchev–Trinajstić information content (AvgIpc) is 3.34. The van der Waals surface area contributed by atoms with Crippen molar-refractivity contribution in [3.05, 3.63) is 35.8 Å². The van der Waals surface area contributed by atoms with Crippen LogP contribution in [0.1, 0.15) is 49.9 Å². The number of carbonyl (C=O) groups is 2. The second-order valence-corrected chi connectivity index (χ2v) is 9.18. The average molecular weight is 438 g/mol. The molecule has 1 amide bonds. The van der Waals surface area contributed by atoms with Crippen LogP contribution in [0.2, 0.25) is 0 Å². The highest BCUT2D eigenvalue weighted by atomic mass is 32.1. The van der Waals surface area contributed by atoms with Crippen molar-refractivity contribution in [3.8, 4) is 21.8 Å². The molecule has 3 heterocycles. The number of fused-ring (bicyclic) bond motifs is 3. The van der Waals surface area contributed by atoms with E-state index in [2.05, 4.69) is 20.0 Å². The highest BCUT2D eigenvalue weighted by molar-refractivity contribution is 7.19. The van der Waals surface area contributed by atoms with Gasteiger partial charge in [-0.3, -0.25) is 19.3 Å². The number of thiazole rings is 1. The minimum Gasteiger partial charge on any atom is -0.481 e. The monoisotopic (exact) mass is 437 g/mol. The number of pyridine rings is 1. The predicted molar refractivity (Wildman–Crippen MR) is 117 cm³/mol. The van der Waals surface area contributed by atoms with Gasteiger partial charge in [0.25, 0.3) is 0 Å². The summed E-state index contributed by atoms with van der Waals surface area (Å²) in [5.41, 5.74) is 5.14. The molecule has 2 aliphatic carbocycles. The summed E-state index contributed by atoms with van der Waals surface area (Å²) < 4.78 is 2.10. The fraction of sp³-hybridized carbons (Fsp3) is 0.409. The van der Waals surface area contributed by atoms with Crippen LogP contribution in [0.15, 0.2) is 24.5 Å². The van der Waals surface area contributed by atoms with E-state index in [1.165, 1.54) is 23.8 Å². The second-order valence-electron chi connectivity index (χ2n) is 8.18. The summed E-state index contributed by atoms with van der Waals surface area (Å²) in [6, 6.07) is 4.08. The van der Waals surface area contributed by atoms with Gasteiger partial charge in [0.05, 0.1) is 33.9 Å². The Morgan fingerprint density at radius 2 is 2.03 bits per heavy atom. The van der Waals surface area contributed by atoms with Crippen LogP contribution in [0, 0.1) is 5.92 Å². The van der Waals surface area contributed by atoms with E-state index < -0.39 is 5.97 Å². The van der Waals surface area contributed by atoms with Crippen LogP contribution in [0.4, 0.5) is 5.13 Å². The molecule has 2 aliphatic rings. The first-order valence-corrected chi connectivity index (χ1v) is 11.3. The van der Waals surface area contributed by atoms with Crippen LogP contribution in [0.25, 0.3) is 21.8 Å². The molecule has 3 aromatic heterocycles. The maximum atomic E-state index is 11.5. The van der Waals surface area contributed by atoms with Crippen LogP contribution in [-0.4, -0.2) is 36.7 Å². The number of rotatable bonds is 4. The highest BCUT2D eigenvalue weighted by Gasteiger charge is 2.34. The Kier molecular flexibility index (Phi) is 5.05. The van der Waals surface area contributed by atoms with Crippen molar-refractivity contribution in [2.75, 3.05) is 5.32 Å². The summed E-state index contributed by atoms with van der Waals surface area (Å²) >= 11 is 1.48. The molecule has 160 valence electrons. The van der Waals surface area contributed by atoms with E-state index in [1.807, 2.05) is 18.3 Å². The van der Waals surface area contributed by atoms with E-state index in [4.69, 9.17) is 5.10 Å². The summed E-state index contributed by atoms with van der Waals surface area (Å²) in [7, 11) is 0. The molecular weight excluding hydrogens is 414 g/mol. The highest BCUT2D eigenvalue weighted by Crippen LogP contribution is 2.46. The minimum atomic E-state index is -0.707. The molecule has 0 spiro atoms. The van der Waals surface area contributed by atoms with E-state index >= 15 is 0 Å². The molecule has 1 saturated carbocycles. The van der Waals surface area contributed by atoms with Crippen molar-refractivity contribution in [2.24, 2.45) is 5.92 Å². The Hall–Kier alpha value is -3.07. The van der Waals surface area contributed by atoms with Gasteiger partial charge in [0, 0.05) is 30.4 Å². The maximum Gasteiger partial charge on any atom is 0.306 e. The van der Waals surface area contributed by atoms with Gasteiger partial charge in [-0.2, -0.15) is 5.10 Å². The predicted octanol–water partition coefficient (Wildman–Crippen LogP) is 3.94. The molecule has 0 bridgehead atoms. The topological polar surface area (TPSA) is 110 Å². The van der Waals surface area contributed by atoms with Crippen molar-refractivity contribution in [2.45, 2.75) is 51.5 Å². The Morgan fingerprint density at radius 3 is 2.71 bits per heavy atom. The molecule has 0 radical (unpaired) electrons. The van der Waals surface area contributed by atoms with E-state index in [9.17, 15) is 14.7 Å². The molecule has 31 heavy (non-hydrogen) atoms. The summed E-state index contributed by atoms with van der Waals surface area (Å²) in [6.45, 7) is 1.48. The van der Waals surface area contributed by atoms with Gasteiger partial charge in [-0.1, -0.05) is 11.3 Å². The Labute approximate surface area is 183 Å². The molecule has 5 rings (SSSR count). The minimum absolute atomic E-state index is 0.136. The number of carbonyl (C=O) groups excluding carboxylic acids is 1. The number of nitrogens with zero attached hydrogens (tertiary/aromatic N) is 4. The van der Waals surface area contributed by atoms with E-state index in [0.29, 0.717) is 18.0 Å². The maximum absolute atomic E-state index is 11.5. The van der Waals surface area contributed by atoms with E-state index in [-0.39, 0.29) is 17.9 Å². The lowest BCUT2D eigenvalue weighted by Gasteiger charge is -2.28. The number of carboxylic acids is 1. The summed E-state index contributed by atoms with van der Waals surface area (Å²) in [5.74, 6) is -1.12. The van der Waals surface area contributed by atoms with Crippen LogP contribution in [-0.2, 0) is 22.4 Å². The van der Waals surface area contributed by atoms with Crippen LogP contribution in [0.3, 0.4) is 0 Å².